The van der Waals surface area contributed by atoms with E-state index in [2.05, 4.69) is 25.5 Å². The minimum Gasteiger partial charge on any atom is -0.384 e. The van der Waals surface area contributed by atoms with Gasteiger partial charge in [0.25, 0.3) is 0 Å². The van der Waals surface area contributed by atoms with Crippen molar-refractivity contribution in [2.75, 3.05) is 18.4 Å². The molecule has 0 saturated heterocycles. The van der Waals surface area contributed by atoms with Crippen LogP contribution in [0.1, 0.15) is 39.1 Å². The van der Waals surface area contributed by atoms with Crippen LogP contribution in [0.25, 0.3) is 0 Å². The molecule has 1 aromatic heterocycles. The average Bonchev–Trinajstić information content (AvgIpc) is 3.16. The van der Waals surface area contributed by atoms with Crippen molar-refractivity contribution < 1.29 is 9.18 Å². The van der Waals surface area contributed by atoms with Crippen molar-refractivity contribution in [2.45, 2.75) is 11.8 Å². The smallest absolute Gasteiger partial charge is 0.184 e. The second-order valence-corrected chi connectivity index (χ2v) is 6.74. The van der Waals surface area contributed by atoms with E-state index in [1.807, 2.05) is 18.2 Å². The number of aromatic amines is 1. The summed E-state index contributed by atoms with van der Waals surface area (Å²) in [5, 5.41) is 10.4. The van der Waals surface area contributed by atoms with E-state index in [0.717, 1.165) is 22.5 Å². The van der Waals surface area contributed by atoms with Gasteiger partial charge in [0, 0.05) is 29.3 Å². The summed E-state index contributed by atoms with van der Waals surface area (Å²) in [5.41, 5.74) is 4.18. The molecular formula is C20H16FN5O. The Morgan fingerprint density at radius 2 is 1.96 bits per heavy atom. The highest BCUT2D eigenvalue weighted by Gasteiger charge is 2.39. The molecule has 0 spiro atoms. The van der Waals surface area contributed by atoms with Crippen LogP contribution in [0.5, 0.6) is 0 Å². The van der Waals surface area contributed by atoms with Crippen molar-refractivity contribution in [1.82, 2.24) is 15.2 Å². The van der Waals surface area contributed by atoms with Crippen LogP contribution in [-0.4, -0.2) is 39.8 Å². The zero-order valence-electron chi connectivity index (χ0n) is 14.3. The van der Waals surface area contributed by atoms with Gasteiger partial charge in [-0.1, -0.05) is 24.3 Å². The molecule has 2 atom stereocenters. The van der Waals surface area contributed by atoms with Crippen molar-refractivity contribution >= 4 is 17.2 Å². The van der Waals surface area contributed by atoms with Crippen LogP contribution in [0.3, 0.4) is 0 Å². The van der Waals surface area contributed by atoms with E-state index in [4.69, 9.17) is 0 Å². The standard InChI is InChI=1S/C20H16FN5O/c21-12-6-4-11(5-7-12)14-8-22-15-3-1-2-13-16(27)9-23-19(17(13)15)18(14)20-24-10-25-26-20/h1-7,10,14,18,22H,8-9H2,(H,24,25,26). The summed E-state index contributed by atoms with van der Waals surface area (Å²) in [4.78, 5) is 21.4. The Bertz CT molecular complexity index is 1040. The number of rotatable bonds is 2. The van der Waals surface area contributed by atoms with Gasteiger partial charge in [-0.05, 0) is 23.8 Å². The molecule has 2 aromatic carbocycles. The van der Waals surface area contributed by atoms with Gasteiger partial charge in [-0.15, -0.1) is 0 Å². The van der Waals surface area contributed by atoms with Crippen LogP contribution in [0.15, 0.2) is 53.8 Å². The normalized spacial score (nSPS) is 21.1. The Labute approximate surface area is 154 Å². The number of carbonyl (C=O) groups is 1. The maximum atomic E-state index is 13.5. The van der Waals surface area contributed by atoms with E-state index in [9.17, 15) is 9.18 Å². The fourth-order valence-electron chi connectivity index (χ4n) is 4.02. The largest absolute Gasteiger partial charge is 0.384 e. The maximum Gasteiger partial charge on any atom is 0.184 e. The van der Waals surface area contributed by atoms with E-state index in [1.165, 1.54) is 18.5 Å². The number of hydrogen-bond donors (Lipinski definition) is 2. The second kappa shape index (κ2) is 6.12. The fourth-order valence-corrected chi connectivity index (χ4v) is 4.02. The van der Waals surface area contributed by atoms with Gasteiger partial charge in [0.15, 0.2) is 5.78 Å². The number of nitrogens with zero attached hydrogens (tertiary/aromatic N) is 3. The highest BCUT2D eigenvalue weighted by atomic mass is 19.1. The zero-order valence-corrected chi connectivity index (χ0v) is 14.3. The Hall–Kier alpha value is -3.35. The summed E-state index contributed by atoms with van der Waals surface area (Å²) >= 11 is 0. The highest BCUT2D eigenvalue weighted by Crippen LogP contribution is 2.41. The van der Waals surface area contributed by atoms with Crippen LogP contribution < -0.4 is 5.32 Å². The minimum atomic E-state index is -0.275. The number of nitrogens with one attached hydrogen (secondary N) is 2. The van der Waals surface area contributed by atoms with Crippen molar-refractivity contribution in [2.24, 2.45) is 4.99 Å². The van der Waals surface area contributed by atoms with Gasteiger partial charge < -0.3 is 5.32 Å². The lowest BCUT2D eigenvalue weighted by Gasteiger charge is -2.26. The molecule has 7 heteroatoms. The van der Waals surface area contributed by atoms with Crippen molar-refractivity contribution in [1.29, 1.82) is 0 Å². The molecule has 2 aliphatic heterocycles. The summed E-state index contributed by atoms with van der Waals surface area (Å²) in [5.74, 6) is 0.144. The lowest BCUT2D eigenvalue weighted by atomic mass is 9.79. The Morgan fingerprint density at radius 1 is 1.11 bits per heavy atom. The van der Waals surface area contributed by atoms with Gasteiger partial charge in [0.2, 0.25) is 0 Å². The molecule has 0 fully saturated rings. The topological polar surface area (TPSA) is 83.0 Å². The number of anilines is 1. The molecular weight excluding hydrogens is 345 g/mol. The summed E-state index contributed by atoms with van der Waals surface area (Å²) in [6.45, 7) is 0.716. The SMILES string of the molecule is O=C1CN=C2c3c(cccc31)NCC(c1ccc(F)cc1)C2c1ncn[nH]1. The molecule has 134 valence electrons. The summed E-state index contributed by atoms with van der Waals surface area (Å²) in [6.07, 6.45) is 1.47. The molecule has 0 saturated carbocycles. The number of carbonyl (C=O) groups excluding carboxylic acids is 1. The summed E-state index contributed by atoms with van der Waals surface area (Å²) < 4.78 is 13.5. The predicted octanol–water partition coefficient (Wildman–Crippen LogP) is 2.92. The van der Waals surface area contributed by atoms with Crippen LogP contribution in [0, 0.1) is 5.82 Å². The van der Waals surface area contributed by atoms with Crippen LogP contribution >= 0.6 is 0 Å². The van der Waals surface area contributed by atoms with Gasteiger partial charge in [-0.3, -0.25) is 14.9 Å². The molecule has 2 aliphatic rings. The number of ketones is 1. The van der Waals surface area contributed by atoms with Gasteiger partial charge in [0.05, 0.1) is 11.6 Å². The first-order valence-electron chi connectivity index (χ1n) is 8.78. The van der Waals surface area contributed by atoms with E-state index in [0.29, 0.717) is 17.9 Å². The number of aliphatic imine (C=N–C) groups is 1. The first kappa shape index (κ1) is 15.9. The molecule has 2 unspecified atom stereocenters. The lowest BCUT2D eigenvalue weighted by molar-refractivity contribution is 0.1000. The third-order valence-corrected chi connectivity index (χ3v) is 5.25. The van der Waals surface area contributed by atoms with E-state index < -0.39 is 0 Å². The van der Waals surface area contributed by atoms with E-state index >= 15 is 0 Å². The molecule has 3 aromatic rings. The van der Waals surface area contributed by atoms with Crippen LogP contribution in [0.2, 0.25) is 0 Å². The van der Waals surface area contributed by atoms with Crippen molar-refractivity contribution in [3.8, 4) is 0 Å². The van der Waals surface area contributed by atoms with Gasteiger partial charge >= 0.3 is 0 Å². The molecule has 2 N–H and O–H groups in total. The third-order valence-electron chi connectivity index (χ3n) is 5.25. The number of Topliss-reactive ketones (excluding diaryl/α,β-unsaturated/α-hetero) is 1. The number of aromatic nitrogens is 3. The number of hydrogen-bond acceptors (Lipinski definition) is 5. The van der Waals surface area contributed by atoms with Crippen molar-refractivity contribution in [3.05, 3.63) is 77.1 Å². The van der Waals surface area contributed by atoms with Gasteiger partial charge in [-0.2, -0.15) is 5.10 Å². The molecule has 0 amide bonds. The van der Waals surface area contributed by atoms with Crippen LogP contribution in [-0.2, 0) is 0 Å². The number of benzene rings is 2. The highest BCUT2D eigenvalue weighted by molar-refractivity contribution is 6.20. The third kappa shape index (κ3) is 2.54. The number of H-pyrrole nitrogens is 1. The second-order valence-electron chi connectivity index (χ2n) is 6.74. The molecule has 0 radical (unpaired) electrons. The predicted molar refractivity (Wildman–Crippen MR) is 98.9 cm³/mol. The first-order valence-corrected chi connectivity index (χ1v) is 8.78. The lowest BCUT2D eigenvalue weighted by Crippen LogP contribution is -2.28. The quantitative estimate of drug-likeness (QED) is 0.735. The molecule has 6 nitrogen and oxygen atoms in total. The Balaban J connectivity index is 1.72. The molecule has 5 rings (SSSR count). The van der Waals surface area contributed by atoms with Gasteiger partial charge in [0.1, 0.15) is 24.5 Å². The molecule has 27 heavy (non-hydrogen) atoms. The first-order chi connectivity index (χ1) is 13.2. The Kier molecular flexibility index (Phi) is 3.60. The fraction of sp³-hybridized carbons (Fsp3) is 0.200. The molecule has 0 aliphatic carbocycles. The van der Waals surface area contributed by atoms with Gasteiger partial charge in [-0.25, -0.2) is 9.37 Å². The van der Waals surface area contributed by atoms with E-state index in [1.54, 1.807) is 12.1 Å². The van der Waals surface area contributed by atoms with E-state index in [-0.39, 0.29) is 30.0 Å². The summed E-state index contributed by atoms with van der Waals surface area (Å²) in [7, 11) is 0. The monoisotopic (exact) mass is 361 g/mol. The minimum absolute atomic E-state index is 0.00829. The Morgan fingerprint density at radius 3 is 2.74 bits per heavy atom. The van der Waals surface area contributed by atoms with Crippen molar-refractivity contribution in [3.63, 3.8) is 0 Å². The zero-order chi connectivity index (χ0) is 18.4. The maximum absolute atomic E-state index is 13.5. The number of halogens is 1. The average molecular weight is 361 g/mol. The summed E-state index contributed by atoms with van der Waals surface area (Å²) in [6, 6.07) is 12.2. The molecule has 3 heterocycles. The van der Waals surface area contributed by atoms with Crippen LogP contribution in [0.4, 0.5) is 10.1 Å². The molecule has 0 bridgehead atoms.